The standard InChI is InChI=1S/C8H20P2.C4H10Ge/c1-7(2,3)9-10-8(4,5)6;1-3-5-4-2/h9-10H,1-6H3;3-4H2,1-2H3. The molecule has 0 rings (SSSR count). The summed E-state index contributed by atoms with van der Waals surface area (Å²) in [5.74, 6) is 0. The quantitative estimate of drug-likeness (QED) is 0.482. The van der Waals surface area contributed by atoms with Crippen molar-refractivity contribution in [3.8, 4) is 0 Å². The molecule has 0 N–H and O–H groups in total. The van der Waals surface area contributed by atoms with Crippen LogP contribution in [0.15, 0.2) is 0 Å². The van der Waals surface area contributed by atoms with Crippen LogP contribution < -0.4 is 0 Å². The van der Waals surface area contributed by atoms with Gasteiger partial charge in [-0.15, -0.1) is 0 Å². The first-order chi connectivity index (χ1) is 6.62. The molecule has 0 saturated carbocycles. The van der Waals surface area contributed by atoms with E-state index in [1.165, 1.54) is 10.5 Å². The fraction of sp³-hybridized carbons (Fsp3) is 1.00. The van der Waals surface area contributed by atoms with Gasteiger partial charge in [-0.2, -0.15) is 0 Å². The van der Waals surface area contributed by atoms with E-state index in [0.29, 0.717) is 25.7 Å². The molecule has 2 radical (unpaired) electrons. The SMILES string of the molecule is CC(C)(C)PPC(C)(C)C.C[CH2][Ge][CH2]C. The van der Waals surface area contributed by atoms with Crippen LogP contribution in [0.4, 0.5) is 0 Å². The molecule has 0 aromatic carbocycles. The van der Waals surface area contributed by atoms with E-state index in [1.807, 2.05) is 0 Å². The molecule has 3 heteroatoms. The van der Waals surface area contributed by atoms with Crippen molar-refractivity contribution in [2.24, 2.45) is 0 Å². The third-order valence-corrected chi connectivity index (χ3v) is 9.91. The second-order valence-corrected chi connectivity index (χ2v) is 14.7. The molecule has 0 spiro atoms. The molecule has 0 aliphatic heterocycles. The predicted octanol–water partition coefficient (Wildman–Crippen LogP) is 5.42. The van der Waals surface area contributed by atoms with Crippen LogP contribution in [0.1, 0.15) is 55.4 Å². The van der Waals surface area contributed by atoms with Crippen molar-refractivity contribution >= 4 is 32.0 Å². The molecule has 0 heterocycles. The van der Waals surface area contributed by atoms with Crippen LogP contribution in [0.25, 0.3) is 0 Å². The minimum absolute atomic E-state index is 0.528. The number of hydrogen-bond acceptors (Lipinski definition) is 0. The average molecular weight is 309 g/mol. The summed E-state index contributed by atoms with van der Waals surface area (Å²) in [7, 11) is 2.24. The molecule has 0 fully saturated rings. The molecule has 15 heavy (non-hydrogen) atoms. The van der Waals surface area contributed by atoms with Gasteiger partial charge in [0.25, 0.3) is 0 Å². The van der Waals surface area contributed by atoms with Crippen LogP contribution in [-0.4, -0.2) is 25.7 Å². The second-order valence-electron chi connectivity index (χ2n) is 5.71. The van der Waals surface area contributed by atoms with Crippen LogP contribution in [0, 0.1) is 0 Å². The van der Waals surface area contributed by atoms with Gasteiger partial charge in [0.2, 0.25) is 0 Å². The zero-order valence-electron chi connectivity index (χ0n) is 11.9. The monoisotopic (exact) mass is 310 g/mol. The third-order valence-electron chi connectivity index (χ3n) is 1.31. The van der Waals surface area contributed by atoms with Gasteiger partial charge in [0, 0.05) is 0 Å². The number of rotatable bonds is 3. The van der Waals surface area contributed by atoms with Crippen molar-refractivity contribution in [1.82, 2.24) is 0 Å². The van der Waals surface area contributed by atoms with Crippen LogP contribution in [0.5, 0.6) is 0 Å². The van der Waals surface area contributed by atoms with Gasteiger partial charge in [0.1, 0.15) is 0 Å². The Kier molecular flexibility index (Phi) is 11.8. The summed E-state index contributed by atoms with van der Waals surface area (Å²) in [5.41, 5.74) is 0. The van der Waals surface area contributed by atoms with Gasteiger partial charge in [0.15, 0.2) is 0 Å². The molecule has 0 aliphatic carbocycles. The van der Waals surface area contributed by atoms with E-state index in [-0.39, 0.29) is 0 Å². The van der Waals surface area contributed by atoms with Crippen molar-refractivity contribution in [3.05, 3.63) is 0 Å². The first-order valence-corrected chi connectivity index (χ1v) is 11.8. The molecular formula is C12H30GeP2. The van der Waals surface area contributed by atoms with E-state index in [4.69, 9.17) is 0 Å². The van der Waals surface area contributed by atoms with E-state index < -0.39 is 0 Å². The fourth-order valence-electron chi connectivity index (χ4n) is 0.625. The summed E-state index contributed by atoms with van der Waals surface area (Å²) in [4.78, 5) is 0. The maximum atomic E-state index is 2.32. The van der Waals surface area contributed by atoms with E-state index in [1.54, 1.807) is 0 Å². The molecule has 0 aromatic rings. The van der Waals surface area contributed by atoms with Crippen LogP contribution in [0.2, 0.25) is 10.5 Å². The molecule has 0 saturated heterocycles. The molecule has 92 valence electrons. The van der Waals surface area contributed by atoms with Crippen LogP contribution in [-0.2, 0) is 0 Å². The Labute approximate surface area is 108 Å². The first kappa shape index (κ1) is 18.8. The molecular weight excluding hydrogens is 279 g/mol. The van der Waals surface area contributed by atoms with Gasteiger partial charge in [-0.3, -0.25) is 0 Å². The van der Waals surface area contributed by atoms with Crippen molar-refractivity contribution in [2.45, 2.75) is 76.2 Å². The normalized spacial score (nSPS) is 13.6. The van der Waals surface area contributed by atoms with Crippen LogP contribution >= 0.6 is 16.5 Å². The van der Waals surface area contributed by atoms with Gasteiger partial charge in [-0.05, 0) is 10.3 Å². The van der Waals surface area contributed by atoms with Gasteiger partial charge < -0.3 is 0 Å². The summed E-state index contributed by atoms with van der Waals surface area (Å²) in [5, 5.41) is 4.03. The minimum atomic E-state index is 0.528. The Bertz CT molecular complexity index is 118. The molecule has 0 nitrogen and oxygen atoms in total. The Balaban J connectivity index is 0. The topological polar surface area (TPSA) is 0 Å². The second kappa shape index (κ2) is 9.43. The summed E-state index contributed by atoms with van der Waals surface area (Å²) < 4.78 is 0. The molecule has 0 aliphatic rings. The summed E-state index contributed by atoms with van der Waals surface area (Å²) in [6, 6.07) is 0. The van der Waals surface area contributed by atoms with Crippen molar-refractivity contribution < 1.29 is 0 Å². The van der Waals surface area contributed by atoms with Gasteiger partial charge >= 0.3 is 39.8 Å². The van der Waals surface area contributed by atoms with E-state index >= 15 is 0 Å². The van der Waals surface area contributed by atoms with E-state index in [9.17, 15) is 0 Å². The predicted molar refractivity (Wildman–Crippen MR) is 82.9 cm³/mol. The number of hydrogen-bond donors (Lipinski definition) is 0. The molecule has 0 aromatic heterocycles. The summed E-state index contributed by atoms with van der Waals surface area (Å²) >= 11 is 0.528. The van der Waals surface area contributed by atoms with Gasteiger partial charge in [-0.1, -0.05) is 58.1 Å². The van der Waals surface area contributed by atoms with Crippen LogP contribution in [0.3, 0.4) is 0 Å². The van der Waals surface area contributed by atoms with Crippen molar-refractivity contribution in [2.75, 3.05) is 0 Å². The summed E-state index contributed by atoms with van der Waals surface area (Å²) in [6.07, 6.45) is 0. The zero-order chi connectivity index (χ0) is 12.5. The molecule has 2 unspecified atom stereocenters. The Hall–Kier alpha value is 1.40. The van der Waals surface area contributed by atoms with E-state index in [2.05, 4.69) is 55.4 Å². The van der Waals surface area contributed by atoms with E-state index in [0.717, 1.165) is 16.5 Å². The van der Waals surface area contributed by atoms with Crippen molar-refractivity contribution in [3.63, 3.8) is 0 Å². The zero-order valence-corrected chi connectivity index (χ0v) is 16.0. The molecule has 0 bridgehead atoms. The Morgan fingerprint density at radius 2 is 1.00 bits per heavy atom. The molecule has 0 amide bonds. The molecule has 2 atom stereocenters. The fourth-order valence-corrected chi connectivity index (χ4v) is 4.67. The Morgan fingerprint density at radius 1 is 0.733 bits per heavy atom. The maximum absolute atomic E-state index is 2.32. The average Bonchev–Trinajstić information content (AvgIpc) is 2.01. The summed E-state index contributed by atoms with van der Waals surface area (Å²) in [6.45, 7) is 18.5. The van der Waals surface area contributed by atoms with Gasteiger partial charge in [-0.25, -0.2) is 0 Å². The van der Waals surface area contributed by atoms with Crippen molar-refractivity contribution in [1.29, 1.82) is 0 Å². The third kappa shape index (κ3) is 25.6. The first-order valence-electron chi connectivity index (χ1n) is 5.87. The Morgan fingerprint density at radius 3 is 1.07 bits per heavy atom. The van der Waals surface area contributed by atoms with Gasteiger partial charge in [0.05, 0.1) is 0 Å².